The van der Waals surface area contributed by atoms with Gasteiger partial charge in [-0.05, 0) is 55.0 Å². The number of nitrogens with zero attached hydrogens (tertiary/aromatic N) is 1. The number of nitrogens with one attached hydrogen (secondary N) is 1. The van der Waals surface area contributed by atoms with Crippen LogP contribution in [0.3, 0.4) is 0 Å². The summed E-state index contributed by atoms with van der Waals surface area (Å²) in [6.07, 6.45) is 3.49. The van der Waals surface area contributed by atoms with Gasteiger partial charge >= 0.3 is 5.97 Å². The van der Waals surface area contributed by atoms with Gasteiger partial charge in [0.15, 0.2) is 5.78 Å². The normalized spacial score (nSPS) is 11.5. The standard InChI is InChI=1S/C35H33ClN2O5/c1-3-11-33(39)38(32-17-10-8-15-29(32)36)22-23-43-27-20-18-25(19-21-27)24-31(35(41)42-2)37-30-16-9-7-14-28(30)34(40)26-12-5-4-6-13-26/h3-21,31,37H,22-24H2,1-2H3/b11-3+/t31-/m0/s1. The molecule has 0 saturated carbocycles. The minimum atomic E-state index is -0.733. The van der Waals surface area contributed by atoms with Crippen LogP contribution in [0.25, 0.3) is 0 Å². The number of carbonyl (C=O) groups excluding carboxylic acids is 3. The Kier molecular flexibility index (Phi) is 11.1. The van der Waals surface area contributed by atoms with Crippen LogP contribution in [0, 0.1) is 0 Å². The number of carbonyl (C=O) groups is 3. The van der Waals surface area contributed by atoms with Crippen LogP contribution in [0.4, 0.5) is 11.4 Å². The molecule has 1 amide bonds. The molecule has 4 aromatic carbocycles. The van der Waals surface area contributed by atoms with E-state index >= 15 is 0 Å². The Morgan fingerprint density at radius 3 is 2.26 bits per heavy atom. The summed E-state index contributed by atoms with van der Waals surface area (Å²) >= 11 is 6.34. The summed E-state index contributed by atoms with van der Waals surface area (Å²) < 4.78 is 11.0. The monoisotopic (exact) mass is 596 g/mol. The number of esters is 1. The second-order valence-electron chi connectivity index (χ2n) is 9.60. The van der Waals surface area contributed by atoms with E-state index in [1.807, 2.05) is 60.7 Å². The fraction of sp³-hybridized carbons (Fsp3) is 0.171. The largest absolute Gasteiger partial charge is 0.492 e. The van der Waals surface area contributed by atoms with Gasteiger partial charge < -0.3 is 19.7 Å². The van der Waals surface area contributed by atoms with Crippen molar-refractivity contribution in [3.8, 4) is 5.75 Å². The number of hydrogen-bond donors (Lipinski definition) is 1. The average Bonchev–Trinajstić information content (AvgIpc) is 3.04. The maximum Gasteiger partial charge on any atom is 0.328 e. The van der Waals surface area contributed by atoms with E-state index in [1.54, 1.807) is 60.4 Å². The predicted molar refractivity (Wildman–Crippen MR) is 170 cm³/mol. The van der Waals surface area contributed by atoms with Gasteiger partial charge in [-0.2, -0.15) is 0 Å². The van der Waals surface area contributed by atoms with Gasteiger partial charge in [0, 0.05) is 23.2 Å². The molecule has 0 heterocycles. The maximum absolute atomic E-state index is 13.2. The van der Waals surface area contributed by atoms with E-state index < -0.39 is 12.0 Å². The number of amides is 1. The molecule has 8 heteroatoms. The number of methoxy groups -OCH3 is 1. The van der Waals surface area contributed by atoms with Gasteiger partial charge in [-0.1, -0.05) is 84.4 Å². The Morgan fingerprint density at radius 1 is 0.884 bits per heavy atom. The maximum atomic E-state index is 13.2. The minimum Gasteiger partial charge on any atom is -0.492 e. The third-order valence-corrected chi connectivity index (χ3v) is 7.01. The molecule has 0 saturated heterocycles. The molecular weight excluding hydrogens is 564 g/mol. The lowest BCUT2D eigenvalue weighted by Gasteiger charge is -2.22. The number of ether oxygens (including phenoxy) is 2. The summed E-state index contributed by atoms with van der Waals surface area (Å²) in [5.74, 6) is -0.173. The van der Waals surface area contributed by atoms with Crippen molar-refractivity contribution < 1.29 is 23.9 Å². The summed E-state index contributed by atoms with van der Waals surface area (Å²) in [6.45, 7) is 2.32. The molecule has 0 bridgehead atoms. The summed E-state index contributed by atoms with van der Waals surface area (Å²) in [6, 6.07) is 29.9. The first-order valence-electron chi connectivity index (χ1n) is 13.8. The van der Waals surface area contributed by atoms with Crippen LogP contribution in [-0.2, 0) is 20.7 Å². The molecule has 0 fully saturated rings. The highest BCUT2D eigenvalue weighted by atomic mass is 35.5. The molecule has 1 N–H and O–H groups in total. The molecule has 4 rings (SSSR count). The first kappa shape index (κ1) is 31.1. The Labute approximate surface area is 256 Å². The number of allylic oxidation sites excluding steroid dienone is 1. The molecular formula is C35H33ClN2O5. The van der Waals surface area contributed by atoms with Crippen molar-refractivity contribution >= 4 is 40.6 Å². The average molecular weight is 597 g/mol. The van der Waals surface area contributed by atoms with E-state index in [2.05, 4.69) is 5.32 Å². The third-order valence-electron chi connectivity index (χ3n) is 6.69. The van der Waals surface area contributed by atoms with Crippen molar-refractivity contribution in [1.82, 2.24) is 0 Å². The molecule has 0 aliphatic heterocycles. The van der Waals surface area contributed by atoms with Crippen LogP contribution in [0.1, 0.15) is 28.4 Å². The molecule has 0 aliphatic rings. The van der Waals surface area contributed by atoms with Crippen LogP contribution in [-0.4, -0.2) is 44.0 Å². The van der Waals surface area contributed by atoms with E-state index in [4.69, 9.17) is 21.1 Å². The first-order chi connectivity index (χ1) is 20.9. The predicted octanol–water partition coefficient (Wildman–Crippen LogP) is 6.76. The van der Waals surface area contributed by atoms with Gasteiger partial charge in [0.25, 0.3) is 5.91 Å². The highest BCUT2D eigenvalue weighted by molar-refractivity contribution is 6.34. The smallest absolute Gasteiger partial charge is 0.328 e. The van der Waals surface area contributed by atoms with Crippen molar-refractivity contribution in [2.75, 3.05) is 30.5 Å². The zero-order valence-corrected chi connectivity index (χ0v) is 24.8. The number of para-hydroxylation sites is 2. The van der Waals surface area contributed by atoms with E-state index in [-0.39, 0.29) is 18.3 Å². The van der Waals surface area contributed by atoms with Crippen LogP contribution in [0.5, 0.6) is 5.75 Å². The quantitative estimate of drug-likeness (QED) is 0.104. The fourth-order valence-corrected chi connectivity index (χ4v) is 4.78. The number of benzene rings is 4. The van der Waals surface area contributed by atoms with Crippen LogP contribution in [0.15, 0.2) is 115 Å². The Balaban J connectivity index is 1.42. The number of halogens is 1. The van der Waals surface area contributed by atoms with Gasteiger partial charge in [0.2, 0.25) is 0 Å². The van der Waals surface area contributed by atoms with Gasteiger partial charge in [-0.15, -0.1) is 0 Å². The topological polar surface area (TPSA) is 84.9 Å². The van der Waals surface area contributed by atoms with Crippen LogP contribution in [0.2, 0.25) is 5.02 Å². The fourth-order valence-electron chi connectivity index (χ4n) is 4.54. The van der Waals surface area contributed by atoms with Gasteiger partial charge in [-0.25, -0.2) is 4.79 Å². The molecule has 4 aromatic rings. The molecule has 0 spiro atoms. The van der Waals surface area contributed by atoms with Crippen molar-refractivity contribution in [1.29, 1.82) is 0 Å². The van der Waals surface area contributed by atoms with Crippen molar-refractivity contribution in [2.45, 2.75) is 19.4 Å². The Morgan fingerprint density at radius 2 is 1.56 bits per heavy atom. The zero-order chi connectivity index (χ0) is 30.6. The highest BCUT2D eigenvalue weighted by Crippen LogP contribution is 2.26. The van der Waals surface area contributed by atoms with E-state index in [0.717, 1.165) is 5.56 Å². The molecule has 0 aromatic heterocycles. The molecule has 0 radical (unpaired) electrons. The third kappa shape index (κ3) is 8.33. The molecule has 220 valence electrons. The SMILES string of the molecule is C/C=C/C(=O)N(CCOc1ccc(C[C@H](Nc2ccccc2C(=O)c2ccccc2)C(=O)OC)cc1)c1ccccc1Cl. The molecule has 43 heavy (non-hydrogen) atoms. The van der Waals surface area contributed by atoms with E-state index in [0.29, 0.717) is 46.2 Å². The summed E-state index contributed by atoms with van der Waals surface area (Å²) in [4.78, 5) is 40.2. The number of rotatable bonds is 13. The molecule has 0 aliphatic carbocycles. The summed E-state index contributed by atoms with van der Waals surface area (Å²) in [5, 5.41) is 3.70. The van der Waals surface area contributed by atoms with Crippen molar-refractivity contribution in [2.24, 2.45) is 0 Å². The van der Waals surface area contributed by atoms with Crippen molar-refractivity contribution in [3.63, 3.8) is 0 Å². The Bertz CT molecular complexity index is 1570. The van der Waals surface area contributed by atoms with Gasteiger partial charge in [0.05, 0.1) is 24.4 Å². The summed E-state index contributed by atoms with van der Waals surface area (Å²) in [5.41, 5.74) is 3.04. The molecule has 0 unspecified atom stereocenters. The second kappa shape index (κ2) is 15.4. The number of anilines is 2. The number of ketones is 1. The van der Waals surface area contributed by atoms with Gasteiger partial charge in [0.1, 0.15) is 18.4 Å². The highest BCUT2D eigenvalue weighted by Gasteiger charge is 2.23. The number of hydrogen-bond acceptors (Lipinski definition) is 6. The lowest BCUT2D eigenvalue weighted by Crippen LogP contribution is -2.33. The first-order valence-corrected chi connectivity index (χ1v) is 14.2. The lowest BCUT2D eigenvalue weighted by atomic mass is 10.00. The zero-order valence-electron chi connectivity index (χ0n) is 24.0. The lowest BCUT2D eigenvalue weighted by molar-refractivity contribution is -0.141. The van der Waals surface area contributed by atoms with Crippen LogP contribution < -0.4 is 15.0 Å². The van der Waals surface area contributed by atoms with Gasteiger partial charge in [-0.3, -0.25) is 9.59 Å². The Hall–Kier alpha value is -4.88. The minimum absolute atomic E-state index is 0.144. The molecule has 1 atom stereocenters. The van der Waals surface area contributed by atoms with Crippen LogP contribution >= 0.6 is 11.6 Å². The van der Waals surface area contributed by atoms with Crippen molar-refractivity contribution in [3.05, 3.63) is 137 Å². The van der Waals surface area contributed by atoms with E-state index in [1.165, 1.54) is 13.2 Å². The van der Waals surface area contributed by atoms with E-state index in [9.17, 15) is 14.4 Å². The summed E-state index contributed by atoms with van der Waals surface area (Å²) in [7, 11) is 1.34. The second-order valence-corrected chi connectivity index (χ2v) is 10.0. The molecule has 7 nitrogen and oxygen atoms in total.